The van der Waals surface area contributed by atoms with Crippen LogP contribution < -0.4 is 10.1 Å². The third kappa shape index (κ3) is 6.18. The van der Waals surface area contributed by atoms with Crippen molar-refractivity contribution in [3.05, 3.63) is 65.0 Å². The lowest BCUT2D eigenvalue weighted by Gasteiger charge is -2.10. The van der Waals surface area contributed by atoms with Crippen LogP contribution in [0.5, 0.6) is 5.75 Å². The first-order chi connectivity index (χ1) is 14.9. The first-order valence-corrected chi connectivity index (χ1v) is 11.0. The fraction of sp³-hybridized carbons (Fsp3) is 0.304. The van der Waals surface area contributed by atoms with Gasteiger partial charge in [0.25, 0.3) is 0 Å². The van der Waals surface area contributed by atoms with Crippen molar-refractivity contribution in [3.63, 3.8) is 0 Å². The summed E-state index contributed by atoms with van der Waals surface area (Å²) in [5.74, 6) is 1.46. The number of nitrogens with one attached hydrogen (secondary N) is 1. The smallest absolute Gasteiger partial charge is 0.234 e. The van der Waals surface area contributed by atoms with Gasteiger partial charge in [-0.15, -0.1) is 10.2 Å². The van der Waals surface area contributed by atoms with Crippen molar-refractivity contribution in [3.8, 4) is 5.75 Å². The van der Waals surface area contributed by atoms with Crippen LogP contribution in [-0.2, 0) is 17.9 Å². The van der Waals surface area contributed by atoms with Crippen LogP contribution in [0.25, 0.3) is 0 Å². The molecular weight excluding hydrogens is 412 g/mol. The van der Waals surface area contributed by atoms with Crippen molar-refractivity contribution in [2.45, 2.75) is 46.0 Å². The molecule has 0 saturated heterocycles. The molecule has 8 heteroatoms. The van der Waals surface area contributed by atoms with Crippen molar-refractivity contribution in [1.29, 1.82) is 0 Å². The summed E-state index contributed by atoms with van der Waals surface area (Å²) in [6, 6.07) is 13.0. The minimum absolute atomic E-state index is 0.0444. The van der Waals surface area contributed by atoms with Gasteiger partial charge in [0, 0.05) is 17.8 Å². The second kappa shape index (κ2) is 10.3. The number of thioether (sulfide) groups is 1. The van der Waals surface area contributed by atoms with E-state index in [1.807, 2.05) is 37.5 Å². The third-order valence-corrected chi connectivity index (χ3v) is 5.52. The van der Waals surface area contributed by atoms with E-state index >= 15 is 0 Å². The van der Waals surface area contributed by atoms with Gasteiger partial charge in [0.2, 0.25) is 5.91 Å². The van der Waals surface area contributed by atoms with E-state index in [9.17, 15) is 9.59 Å². The number of anilines is 1. The Morgan fingerprint density at radius 1 is 1.10 bits per heavy atom. The van der Waals surface area contributed by atoms with Gasteiger partial charge in [-0.3, -0.25) is 9.59 Å². The van der Waals surface area contributed by atoms with Crippen molar-refractivity contribution < 1.29 is 14.3 Å². The quantitative estimate of drug-likeness (QED) is 0.393. The summed E-state index contributed by atoms with van der Waals surface area (Å²) in [5.41, 5.74) is 3.44. The normalized spacial score (nSPS) is 10.7. The molecule has 1 heterocycles. The maximum Gasteiger partial charge on any atom is 0.234 e. The number of carbonyl (C=O) groups is 2. The van der Waals surface area contributed by atoms with Crippen molar-refractivity contribution in [2.75, 3.05) is 11.1 Å². The van der Waals surface area contributed by atoms with Crippen molar-refractivity contribution >= 4 is 29.1 Å². The molecule has 0 bridgehead atoms. The number of aryl methyl sites for hydroxylation is 2. The Kier molecular flexibility index (Phi) is 7.46. The number of rotatable bonds is 9. The van der Waals surface area contributed by atoms with Gasteiger partial charge in [-0.1, -0.05) is 30.0 Å². The number of ether oxygens (including phenoxy) is 1. The van der Waals surface area contributed by atoms with Crippen LogP contribution in [0, 0.1) is 13.8 Å². The molecule has 0 saturated carbocycles. The second-order valence-electron chi connectivity index (χ2n) is 7.23. The predicted octanol–water partition coefficient (Wildman–Crippen LogP) is 4.43. The van der Waals surface area contributed by atoms with Gasteiger partial charge in [-0.05, 0) is 63.1 Å². The molecule has 31 heavy (non-hydrogen) atoms. The monoisotopic (exact) mass is 438 g/mol. The van der Waals surface area contributed by atoms with Gasteiger partial charge in [-0.25, -0.2) is 0 Å². The van der Waals surface area contributed by atoms with Crippen LogP contribution in [0.15, 0.2) is 47.6 Å². The Bertz CT molecular complexity index is 1070. The van der Waals surface area contributed by atoms with Crippen LogP contribution in [0.4, 0.5) is 5.69 Å². The van der Waals surface area contributed by atoms with Crippen LogP contribution in [0.3, 0.4) is 0 Å². The number of Topliss-reactive ketones (excluding diaryl/α,β-unsaturated/α-hetero) is 1. The largest absolute Gasteiger partial charge is 0.486 e. The summed E-state index contributed by atoms with van der Waals surface area (Å²) < 4.78 is 7.85. The number of amides is 1. The van der Waals surface area contributed by atoms with Gasteiger partial charge in [0.05, 0.1) is 5.75 Å². The maximum absolute atomic E-state index is 12.3. The lowest BCUT2D eigenvalue weighted by atomic mass is 10.1. The zero-order valence-corrected chi connectivity index (χ0v) is 19.0. The fourth-order valence-corrected chi connectivity index (χ4v) is 3.98. The zero-order chi connectivity index (χ0) is 22.4. The minimum Gasteiger partial charge on any atom is -0.486 e. The van der Waals surface area contributed by atoms with Gasteiger partial charge < -0.3 is 14.6 Å². The van der Waals surface area contributed by atoms with Gasteiger partial charge >= 0.3 is 0 Å². The summed E-state index contributed by atoms with van der Waals surface area (Å²) in [5, 5.41) is 11.9. The summed E-state index contributed by atoms with van der Waals surface area (Å²) in [6.07, 6.45) is 0. The van der Waals surface area contributed by atoms with E-state index in [0.29, 0.717) is 35.4 Å². The standard InChI is InChI=1S/C23H26N4O3S/c1-5-27-21(13-30-20-10-15(2)9-16(3)11-20)25-26-23(27)31-14-22(29)24-19-8-6-7-18(12-19)17(4)28/h6-12H,5,13-14H2,1-4H3,(H,24,29). The van der Waals surface area contributed by atoms with E-state index in [1.54, 1.807) is 24.3 Å². The van der Waals surface area contributed by atoms with Crippen LogP contribution in [-0.4, -0.2) is 32.2 Å². The first-order valence-electron chi connectivity index (χ1n) is 10.0. The molecule has 3 rings (SSSR count). The average Bonchev–Trinajstić information content (AvgIpc) is 3.12. The highest BCUT2D eigenvalue weighted by atomic mass is 32.2. The molecule has 162 valence electrons. The third-order valence-electron chi connectivity index (χ3n) is 4.56. The molecule has 0 fully saturated rings. The van der Waals surface area contributed by atoms with E-state index in [2.05, 4.69) is 21.6 Å². The molecule has 0 unspecified atom stereocenters. The molecule has 0 spiro atoms. The molecule has 3 aromatic rings. The first kappa shape index (κ1) is 22.6. The minimum atomic E-state index is -0.176. The molecule has 0 aliphatic rings. The fourth-order valence-electron chi connectivity index (χ4n) is 3.16. The number of carbonyl (C=O) groups excluding carboxylic acids is 2. The van der Waals surface area contributed by atoms with E-state index < -0.39 is 0 Å². The summed E-state index contributed by atoms with van der Waals surface area (Å²) >= 11 is 1.31. The van der Waals surface area contributed by atoms with E-state index in [-0.39, 0.29) is 17.4 Å². The Balaban J connectivity index is 1.59. The molecule has 1 N–H and O–H groups in total. The molecule has 0 aliphatic heterocycles. The molecule has 1 aromatic heterocycles. The highest BCUT2D eigenvalue weighted by Gasteiger charge is 2.14. The van der Waals surface area contributed by atoms with Crippen LogP contribution in [0.1, 0.15) is 41.2 Å². The molecule has 0 atom stereocenters. The summed E-state index contributed by atoms with van der Waals surface area (Å²) in [4.78, 5) is 23.8. The van der Waals surface area contributed by atoms with E-state index in [1.165, 1.54) is 18.7 Å². The van der Waals surface area contributed by atoms with Gasteiger partial charge in [0.15, 0.2) is 16.8 Å². The lowest BCUT2D eigenvalue weighted by molar-refractivity contribution is -0.113. The average molecular weight is 439 g/mol. The SMILES string of the molecule is CCn1c(COc2cc(C)cc(C)c2)nnc1SCC(=O)Nc1cccc(C(C)=O)c1. The molecular formula is C23H26N4O3S. The number of ketones is 1. The summed E-state index contributed by atoms with van der Waals surface area (Å²) in [6.45, 7) is 8.53. The predicted molar refractivity (Wildman–Crippen MR) is 122 cm³/mol. The highest BCUT2D eigenvalue weighted by Crippen LogP contribution is 2.21. The van der Waals surface area contributed by atoms with Crippen molar-refractivity contribution in [2.24, 2.45) is 0 Å². The van der Waals surface area contributed by atoms with Crippen molar-refractivity contribution in [1.82, 2.24) is 14.8 Å². The number of aromatic nitrogens is 3. The number of hydrogen-bond acceptors (Lipinski definition) is 6. The van der Waals surface area contributed by atoms with Crippen LogP contribution >= 0.6 is 11.8 Å². The van der Waals surface area contributed by atoms with Crippen LogP contribution in [0.2, 0.25) is 0 Å². The Hall–Kier alpha value is -3.13. The Morgan fingerprint density at radius 2 is 1.84 bits per heavy atom. The van der Waals surface area contributed by atoms with Gasteiger partial charge in [0.1, 0.15) is 12.4 Å². The zero-order valence-electron chi connectivity index (χ0n) is 18.1. The Morgan fingerprint density at radius 3 is 2.52 bits per heavy atom. The topological polar surface area (TPSA) is 86.1 Å². The molecule has 0 aliphatic carbocycles. The second-order valence-corrected chi connectivity index (χ2v) is 8.17. The number of nitrogens with zero attached hydrogens (tertiary/aromatic N) is 3. The molecule has 7 nitrogen and oxygen atoms in total. The Labute approximate surface area is 186 Å². The summed E-state index contributed by atoms with van der Waals surface area (Å²) in [7, 11) is 0. The number of hydrogen-bond donors (Lipinski definition) is 1. The van der Waals surface area contributed by atoms with E-state index in [4.69, 9.17) is 4.74 Å². The van der Waals surface area contributed by atoms with Gasteiger partial charge in [-0.2, -0.15) is 0 Å². The molecule has 1 amide bonds. The highest BCUT2D eigenvalue weighted by molar-refractivity contribution is 7.99. The number of benzene rings is 2. The maximum atomic E-state index is 12.3. The molecule has 0 radical (unpaired) electrons. The molecule has 2 aromatic carbocycles. The van der Waals surface area contributed by atoms with E-state index in [0.717, 1.165) is 16.9 Å². The lowest BCUT2D eigenvalue weighted by Crippen LogP contribution is -2.15.